The van der Waals surface area contributed by atoms with Gasteiger partial charge in [-0.1, -0.05) is 36.4 Å². The van der Waals surface area contributed by atoms with Gasteiger partial charge in [0.1, 0.15) is 6.54 Å². The van der Waals surface area contributed by atoms with Crippen molar-refractivity contribution < 1.29 is 19.5 Å². The molecule has 2 N–H and O–H groups in total. The van der Waals surface area contributed by atoms with Gasteiger partial charge in [-0.3, -0.25) is 19.3 Å². The van der Waals surface area contributed by atoms with E-state index in [1.807, 2.05) is 22.9 Å². The normalized spacial score (nSPS) is 14.9. The number of aliphatic carboxylic acids is 1. The Morgan fingerprint density at radius 2 is 1.81 bits per heavy atom. The molecular weight excluding hydrogens is 408 g/mol. The van der Waals surface area contributed by atoms with Crippen LogP contribution in [0.1, 0.15) is 40.2 Å². The van der Waals surface area contributed by atoms with E-state index in [2.05, 4.69) is 10.3 Å². The summed E-state index contributed by atoms with van der Waals surface area (Å²) in [4.78, 5) is 43.2. The van der Waals surface area contributed by atoms with Crippen LogP contribution < -0.4 is 10.2 Å². The summed E-state index contributed by atoms with van der Waals surface area (Å²) in [6.45, 7) is 1.06. The average molecular weight is 432 g/mol. The number of nitrogens with one attached hydrogen (secondary N) is 1. The van der Waals surface area contributed by atoms with Crippen LogP contribution >= 0.6 is 0 Å². The third-order valence-electron chi connectivity index (χ3n) is 5.57. The molecule has 2 aromatic carbocycles. The highest BCUT2D eigenvalue weighted by atomic mass is 16.4. The standard InChI is InChI=1S/C24H24N4O4/c29-22(26-10-5-12-27-13-11-25-16-27)15-28-21-9-4-3-7-18(21)20(14-23(30)31)17-6-1-2-8-19(17)24(28)32/h1-4,6-9,11,13,16,20H,5,10,12,14-15H2,(H,26,29)(H,30,31). The topological polar surface area (TPSA) is 105 Å². The molecule has 0 saturated heterocycles. The number of fused-ring (bicyclic) bond motifs is 2. The van der Waals surface area contributed by atoms with Crippen LogP contribution in [0.15, 0.2) is 67.3 Å². The van der Waals surface area contributed by atoms with E-state index < -0.39 is 11.9 Å². The largest absolute Gasteiger partial charge is 0.481 e. The van der Waals surface area contributed by atoms with Crippen molar-refractivity contribution in [3.8, 4) is 0 Å². The Morgan fingerprint density at radius 3 is 2.56 bits per heavy atom. The maximum Gasteiger partial charge on any atom is 0.304 e. The molecular formula is C24H24N4O4. The number of benzene rings is 2. The molecule has 3 aromatic rings. The number of nitrogens with zero attached hydrogens (tertiary/aromatic N) is 3. The molecule has 0 aliphatic carbocycles. The van der Waals surface area contributed by atoms with Gasteiger partial charge in [0.05, 0.1) is 12.7 Å². The highest BCUT2D eigenvalue weighted by Gasteiger charge is 2.34. The van der Waals surface area contributed by atoms with Crippen molar-refractivity contribution in [3.05, 3.63) is 83.9 Å². The lowest BCUT2D eigenvalue weighted by molar-refractivity contribution is -0.137. The van der Waals surface area contributed by atoms with Crippen LogP contribution in [0.25, 0.3) is 0 Å². The molecule has 1 aromatic heterocycles. The van der Waals surface area contributed by atoms with Gasteiger partial charge < -0.3 is 15.0 Å². The Labute approximate surface area is 185 Å². The number of aryl methyl sites for hydroxylation is 1. The van der Waals surface area contributed by atoms with Crippen LogP contribution in [0.3, 0.4) is 0 Å². The fourth-order valence-corrected chi connectivity index (χ4v) is 4.11. The summed E-state index contributed by atoms with van der Waals surface area (Å²) in [6.07, 6.45) is 5.88. The molecule has 1 unspecified atom stereocenters. The molecule has 2 heterocycles. The molecule has 0 bridgehead atoms. The van der Waals surface area contributed by atoms with E-state index in [1.54, 1.807) is 48.9 Å². The molecule has 32 heavy (non-hydrogen) atoms. The van der Waals surface area contributed by atoms with E-state index in [9.17, 15) is 19.5 Å². The van der Waals surface area contributed by atoms with E-state index in [1.165, 1.54) is 4.90 Å². The Hall–Kier alpha value is -3.94. The van der Waals surface area contributed by atoms with Crippen LogP contribution in [-0.2, 0) is 16.1 Å². The first-order chi connectivity index (χ1) is 15.5. The number of hydrogen-bond acceptors (Lipinski definition) is 4. The first kappa shape index (κ1) is 21.3. The number of para-hydroxylation sites is 1. The summed E-state index contributed by atoms with van der Waals surface area (Å²) in [5.74, 6) is -2.01. The van der Waals surface area contributed by atoms with Gasteiger partial charge in [0.2, 0.25) is 5.91 Å². The molecule has 2 amide bonds. The Bertz CT molecular complexity index is 1130. The lowest BCUT2D eigenvalue weighted by atomic mass is 9.86. The Kier molecular flexibility index (Phi) is 6.30. The molecule has 8 nitrogen and oxygen atoms in total. The summed E-state index contributed by atoms with van der Waals surface area (Å²) in [7, 11) is 0. The zero-order valence-electron chi connectivity index (χ0n) is 17.5. The highest BCUT2D eigenvalue weighted by Crippen LogP contribution is 2.40. The van der Waals surface area contributed by atoms with E-state index in [4.69, 9.17) is 0 Å². The second-order valence-corrected chi connectivity index (χ2v) is 7.69. The molecule has 0 saturated carbocycles. The number of aromatic nitrogens is 2. The lowest BCUT2D eigenvalue weighted by Crippen LogP contribution is -2.41. The van der Waals surface area contributed by atoms with E-state index >= 15 is 0 Å². The Morgan fingerprint density at radius 1 is 1.06 bits per heavy atom. The molecule has 8 heteroatoms. The highest BCUT2D eigenvalue weighted by molar-refractivity contribution is 6.11. The average Bonchev–Trinajstić information content (AvgIpc) is 3.29. The first-order valence-electron chi connectivity index (χ1n) is 10.5. The Balaban J connectivity index is 1.56. The molecule has 0 fully saturated rings. The van der Waals surface area contributed by atoms with Crippen LogP contribution in [0.4, 0.5) is 5.69 Å². The summed E-state index contributed by atoms with van der Waals surface area (Å²) < 4.78 is 1.93. The number of rotatable bonds is 8. The van der Waals surface area contributed by atoms with E-state index in [0.717, 1.165) is 18.5 Å². The SMILES string of the molecule is O=C(O)CC1c2ccccc2C(=O)N(CC(=O)NCCCn2ccnc2)c2ccccc21. The first-order valence-corrected chi connectivity index (χ1v) is 10.5. The van der Waals surface area contributed by atoms with Crippen molar-refractivity contribution in [2.75, 3.05) is 18.0 Å². The van der Waals surface area contributed by atoms with Crippen LogP contribution in [0, 0.1) is 0 Å². The van der Waals surface area contributed by atoms with Gasteiger partial charge in [-0.05, 0) is 29.7 Å². The van der Waals surface area contributed by atoms with Crippen LogP contribution in [-0.4, -0.2) is 45.5 Å². The maximum absolute atomic E-state index is 13.4. The van der Waals surface area contributed by atoms with Crippen molar-refractivity contribution in [3.63, 3.8) is 0 Å². The zero-order valence-corrected chi connectivity index (χ0v) is 17.5. The molecule has 4 rings (SSSR count). The van der Waals surface area contributed by atoms with Crippen molar-refractivity contribution in [1.82, 2.24) is 14.9 Å². The second-order valence-electron chi connectivity index (χ2n) is 7.69. The predicted octanol–water partition coefficient (Wildman–Crippen LogP) is 2.66. The molecule has 0 radical (unpaired) electrons. The van der Waals surface area contributed by atoms with Gasteiger partial charge in [0.15, 0.2) is 0 Å². The van der Waals surface area contributed by atoms with Crippen LogP contribution in [0.2, 0.25) is 0 Å². The number of carboxylic acid groups (broad SMARTS) is 1. The fraction of sp³-hybridized carbons (Fsp3) is 0.250. The molecule has 1 aliphatic heterocycles. The minimum absolute atomic E-state index is 0.143. The summed E-state index contributed by atoms with van der Waals surface area (Å²) in [5.41, 5.74) is 2.37. The van der Waals surface area contributed by atoms with Crippen LogP contribution in [0.5, 0.6) is 0 Å². The minimum Gasteiger partial charge on any atom is -0.481 e. The lowest BCUT2D eigenvalue weighted by Gasteiger charge is -2.23. The summed E-state index contributed by atoms with van der Waals surface area (Å²) in [5, 5.41) is 12.4. The smallest absolute Gasteiger partial charge is 0.304 e. The van der Waals surface area contributed by atoms with E-state index in [-0.39, 0.29) is 24.8 Å². The fourth-order valence-electron chi connectivity index (χ4n) is 4.11. The van der Waals surface area contributed by atoms with E-state index in [0.29, 0.717) is 23.4 Å². The molecule has 0 spiro atoms. The number of carbonyl (C=O) groups excluding carboxylic acids is 2. The third-order valence-corrected chi connectivity index (χ3v) is 5.57. The van der Waals surface area contributed by atoms with Gasteiger partial charge in [-0.25, -0.2) is 4.98 Å². The summed E-state index contributed by atoms with van der Waals surface area (Å²) >= 11 is 0. The van der Waals surface area contributed by atoms with Gasteiger partial charge in [0, 0.05) is 42.7 Å². The number of imidazole rings is 1. The van der Waals surface area contributed by atoms with Crippen molar-refractivity contribution in [2.24, 2.45) is 0 Å². The number of hydrogen-bond donors (Lipinski definition) is 2. The quantitative estimate of drug-likeness (QED) is 0.533. The van der Waals surface area contributed by atoms with Gasteiger partial charge in [-0.15, -0.1) is 0 Å². The number of amides is 2. The van der Waals surface area contributed by atoms with Gasteiger partial charge >= 0.3 is 5.97 Å². The van der Waals surface area contributed by atoms with Crippen molar-refractivity contribution in [1.29, 1.82) is 0 Å². The second kappa shape index (κ2) is 9.47. The van der Waals surface area contributed by atoms with Gasteiger partial charge in [-0.2, -0.15) is 0 Å². The number of anilines is 1. The van der Waals surface area contributed by atoms with Crippen molar-refractivity contribution in [2.45, 2.75) is 25.3 Å². The summed E-state index contributed by atoms with van der Waals surface area (Å²) in [6, 6.07) is 14.2. The van der Waals surface area contributed by atoms with Crippen molar-refractivity contribution >= 4 is 23.5 Å². The third kappa shape index (κ3) is 4.54. The molecule has 1 atom stereocenters. The monoisotopic (exact) mass is 432 g/mol. The number of carbonyl (C=O) groups is 3. The number of carboxylic acids is 1. The molecule has 164 valence electrons. The zero-order chi connectivity index (χ0) is 22.5. The van der Waals surface area contributed by atoms with Gasteiger partial charge in [0.25, 0.3) is 5.91 Å². The molecule has 1 aliphatic rings. The maximum atomic E-state index is 13.4. The predicted molar refractivity (Wildman–Crippen MR) is 119 cm³/mol. The minimum atomic E-state index is -0.948.